The van der Waals surface area contributed by atoms with Crippen LogP contribution in [0.1, 0.15) is 25.0 Å². The molecular formula is C9H14N2O3. The second-order valence-electron chi connectivity index (χ2n) is 2.94. The van der Waals surface area contributed by atoms with Crippen molar-refractivity contribution in [2.24, 2.45) is 0 Å². The van der Waals surface area contributed by atoms with Crippen LogP contribution in [0.25, 0.3) is 0 Å². The average Bonchev–Trinajstić information content (AvgIpc) is 2.68. The first-order chi connectivity index (χ1) is 6.83. The highest BCUT2D eigenvalue weighted by Gasteiger charge is 2.02. The molecule has 0 aliphatic heterocycles. The summed E-state index contributed by atoms with van der Waals surface area (Å²) < 4.78 is 4.80. The highest BCUT2D eigenvalue weighted by Crippen LogP contribution is 1.97. The summed E-state index contributed by atoms with van der Waals surface area (Å²) in [6.07, 6.45) is 3.34. The van der Waals surface area contributed by atoms with Gasteiger partial charge in [0.2, 0.25) is 5.91 Å². The standard InChI is InChI=1S/C9H14N2O3/c12-6-2-1-3-9(13)10-7-8-4-5-11-14-8/h4-5,12H,1-3,6-7H2,(H,10,13). The first-order valence-electron chi connectivity index (χ1n) is 4.60. The van der Waals surface area contributed by atoms with Crippen LogP contribution in [-0.2, 0) is 11.3 Å². The van der Waals surface area contributed by atoms with Crippen molar-refractivity contribution in [3.63, 3.8) is 0 Å². The maximum atomic E-state index is 11.2. The topological polar surface area (TPSA) is 75.4 Å². The van der Waals surface area contributed by atoms with Gasteiger partial charge < -0.3 is 14.9 Å². The van der Waals surface area contributed by atoms with Gasteiger partial charge in [0.15, 0.2) is 5.76 Å². The van der Waals surface area contributed by atoms with Crippen molar-refractivity contribution < 1.29 is 14.4 Å². The van der Waals surface area contributed by atoms with Gasteiger partial charge in [-0.1, -0.05) is 5.16 Å². The molecule has 1 aromatic rings. The number of aliphatic hydroxyl groups is 1. The molecular weight excluding hydrogens is 184 g/mol. The largest absolute Gasteiger partial charge is 0.396 e. The third kappa shape index (κ3) is 4.04. The maximum absolute atomic E-state index is 11.2. The molecule has 5 heteroatoms. The van der Waals surface area contributed by atoms with Crippen LogP contribution in [0.2, 0.25) is 0 Å². The van der Waals surface area contributed by atoms with E-state index in [-0.39, 0.29) is 12.5 Å². The molecule has 1 amide bonds. The van der Waals surface area contributed by atoms with Gasteiger partial charge in [-0.3, -0.25) is 4.79 Å². The molecule has 78 valence electrons. The Balaban J connectivity index is 2.09. The fourth-order valence-corrected chi connectivity index (χ4v) is 1.00. The van der Waals surface area contributed by atoms with E-state index in [9.17, 15) is 4.79 Å². The fourth-order valence-electron chi connectivity index (χ4n) is 1.00. The molecule has 1 rings (SSSR count). The van der Waals surface area contributed by atoms with Crippen LogP contribution < -0.4 is 5.32 Å². The first kappa shape index (κ1) is 10.7. The van der Waals surface area contributed by atoms with Gasteiger partial charge in [-0.15, -0.1) is 0 Å². The van der Waals surface area contributed by atoms with Crippen molar-refractivity contribution in [3.05, 3.63) is 18.0 Å². The molecule has 0 saturated heterocycles. The lowest BCUT2D eigenvalue weighted by Crippen LogP contribution is -2.22. The molecule has 0 fully saturated rings. The van der Waals surface area contributed by atoms with E-state index in [0.29, 0.717) is 31.6 Å². The molecule has 0 aliphatic carbocycles. The number of unbranched alkanes of at least 4 members (excludes halogenated alkanes) is 1. The van der Waals surface area contributed by atoms with E-state index in [1.165, 1.54) is 6.20 Å². The number of nitrogens with one attached hydrogen (secondary N) is 1. The predicted molar refractivity (Wildman–Crippen MR) is 49.3 cm³/mol. The number of aromatic nitrogens is 1. The summed E-state index contributed by atoms with van der Waals surface area (Å²) in [6, 6.07) is 1.70. The van der Waals surface area contributed by atoms with Crippen LogP contribution in [0, 0.1) is 0 Å². The molecule has 0 saturated carbocycles. The second-order valence-corrected chi connectivity index (χ2v) is 2.94. The van der Waals surface area contributed by atoms with Crippen molar-refractivity contribution >= 4 is 5.91 Å². The van der Waals surface area contributed by atoms with E-state index in [4.69, 9.17) is 9.63 Å². The molecule has 0 aliphatic rings. The van der Waals surface area contributed by atoms with E-state index >= 15 is 0 Å². The van der Waals surface area contributed by atoms with E-state index in [2.05, 4.69) is 10.5 Å². The molecule has 0 unspecified atom stereocenters. The summed E-state index contributed by atoms with van der Waals surface area (Å²) in [5, 5.41) is 14.7. The lowest BCUT2D eigenvalue weighted by Gasteiger charge is -2.01. The quantitative estimate of drug-likeness (QED) is 0.651. The molecule has 2 N–H and O–H groups in total. The monoisotopic (exact) mass is 198 g/mol. The smallest absolute Gasteiger partial charge is 0.220 e. The van der Waals surface area contributed by atoms with Crippen LogP contribution >= 0.6 is 0 Å². The maximum Gasteiger partial charge on any atom is 0.220 e. The van der Waals surface area contributed by atoms with Gasteiger partial charge in [-0.05, 0) is 12.8 Å². The zero-order valence-electron chi connectivity index (χ0n) is 7.90. The van der Waals surface area contributed by atoms with E-state index in [1.54, 1.807) is 6.07 Å². The number of rotatable bonds is 6. The Hall–Kier alpha value is -1.36. The third-order valence-corrected chi connectivity index (χ3v) is 1.76. The number of hydrogen-bond acceptors (Lipinski definition) is 4. The summed E-state index contributed by atoms with van der Waals surface area (Å²) in [5.74, 6) is 0.607. The number of nitrogens with zero attached hydrogens (tertiary/aromatic N) is 1. The Morgan fingerprint density at radius 2 is 2.43 bits per heavy atom. The van der Waals surface area contributed by atoms with Crippen molar-refractivity contribution in [2.75, 3.05) is 6.61 Å². The highest BCUT2D eigenvalue weighted by atomic mass is 16.5. The minimum absolute atomic E-state index is 0.0325. The van der Waals surface area contributed by atoms with Gasteiger partial charge in [0.05, 0.1) is 12.7 Å². The SMILES string of the molecule is O=C(CCCCO)NCc1ccno1. The molecule has 14 heavy (non-hydrogen) atoms. The van der Waals surface area contributed by atoms with Gasteiger partial charge >= 0.3 is 0 Å². The molecule has 1 aromatic heterocycles. The van der Waals surface area contributed by atoms with E-state index < -0.39 is 0 Å². The van der Waals surface area contributed by atoms with Crippen LogP contribution in [-0.4, -0.2) is 22.8 Å². The van der Waals surface area contributed by atoms with Crippen molar-refractivity contribution in [1.82, 2.24) is 10.5 Å². The van der Waals surface area contributed by atoms with Crippen molar-refractivity contribution in [1.29, 1.82) is 0 Å². The van der Waals surface area contributed by atoms with Gasteiger partial charge in [0.1, 0.15) is 0 Å². The lowest BCUT2D eigenvalue weighted by molar-refractivity contribution is -0.121. The number of aliphatic hydroxyl groups excluding tert-OH is 1. The van der Waals surface area contributed by atoms with E-state index in [1.807, 2.05) is 0 Å². The summed E-state index contributed by atoms with van der Waals surface area (Å²) in [6.45, 7) is 0.507. The molecule has 5 nitrogen and oxygen atoms in total. The second kappa shape index (κ2) is 6.15. The Kier molecular flexibility index (Phi) is 4.71. The molecule has 0 bridgehead atoms. The summed E-state index contributed by atoms with van der Waals surface area (Å²) in [7, 11) is 0. The van der Waals surface area contributed by atoms with E-state index in [0.717, 1.165) is 0 Å². The zero-order valence-corrected chi connectivity index (χ0v) is 7.90. The predicted octanol–water partition coefficient (Wildman–Crippen LogP) is 0.453. The summed E-state index contributed by atoms with van der Waals surface area (Å²) in [5.41, 5.74) is 0. The van der Waals surface area contributed by atoms with Crippen molar-refractivity contribution in [3.8, 4) is 0 Å². The Morgan fingerprint density at radius 3 is 3.07 bits per heavy atom. The Morgan fingerprint density at radius 1 is 1.57 bits per heavy atom. The molecule has 0 aromatic carbocycles. The molecule has 0 radical (unpaired) electrons. The summed E-state index contributed by atoms with van der Waals surface area (Å²) >= 11 is 0. The average molecular weight is 198 g/mol. The van der Waals surface area contributed by atoms with Crippen LogP contribution in [0.5, 0.6) is 0 Å². The minimum atomic E-state index is -0.0325. The van der Waals surface area contributed by atoms with Gasteiger partial charge in [0, 0.05) is 19.1 Å². The number of carbonyl (C=O) groups excluding carboxylic acids is 1. The zero-order chi connectivity index (χ0) is 10.2. The van der Waals surface area contributed by atoms with Crippen LogP contribution in [0.4, 0.5) is 0 Å². The number of carbonyl (C=O) groups is 1. The highest BCUT2D eigenvalue weighted by molar-refractivity contribution is 5.75. The molecule has 0 atom stereocenters. The van der Waals surface area contributed by atoms with Crippen LogP contribution in [0.3, 0.4) is 0 Å². The Labute approximate surface area is 82.1 Å². The normalized spacial score (nSPS) is 10.1. The van der Waals surface area contributed by atoms with Gasteiger partial charge in [-0.25, -0.2) is 0 Å². The van der Waals surface area contributed by atoms with Crippen molar-refractivity contribution in [2.45, 2.75) is 25.8 Å². The first-order valence-corrected chi connectivity index (χ1v) is 4.60. The lowest BCUT2D eigenvalue weighted by atomic mass is 10.2. The number of hydrogen-bond donors (Lipinski definition) is 2. The molecule has 1 heterocycles. The van der Waals surface area contributed by atoms with Gasteiger partial charge in [-0.2, -0.15) is 0 Å². The number of amides is 1. The molecule has 0 spiro atoms. The fraction of sp³-hybridized carbons (Fsp3) is 0.556. The van der Waals surface area contributed by atoms with Gasteiger partial charge in [0.25, 0.3) is 0 Å². The van der Waals surface area contributed by atoms with Crippen LogP contribution in [0.15, 0.2) is 16.8 Å². The minimum Gasteiger partial charge on any atom is -0.396 e. The summed E-state index contributed by atoms with van der Waals surface area (Å²) in [4.78, 5) is 11.2. The third-order valence-electron chi connectivity index (χ3n) is 1.76. The Bertz CT molecular complexity index is 259.